The molecule has 42 heavy (non-hydrogen) atoms. The molecule has 11 nitrogen and oxygen atoms in total. The lowest BCUT2D eigenvalue weighted by molar-refractivity contribution is -0.135. The molecule has 0 saturated heterocycles. The summed E-state index contributed by atoms with van der Waals surface area (Å²) < 4.78 is 19.7. The zero-order valence-electron chi connectivity index (χ0n) is 23.8. The van der Waals surface area contributed by atoms with E-state index in [1.807, 2.05) is 25.1 Å². The van der Waals surface area contributed by atoms with E-state index in [0.717, 1.165) is 17.0 Å². The highest BCUT2D eigenvalue weighted by atomic mass is 19.1. The van der Waals surface area contributed by atoms with E-state index in [4.69, 9.17) is 15.3 Å². The highest BCUT2D eigenvalue weighted by Crippen LogP contribution is 2.34. The Morgan fingerprint density at radius 1 is 1.12 bits per heavy atom. The summed E-state index contributed by atoms with van der Waals surface area (Å²) in [7, 11) is 3.20. The second kappa shape index (κ2) is 12.2. The Kier molecular flexibility index (Phi) is 8.23. The number of amides is 1. The number of nitrogens with two attached hydrogens (primary N) is 1. The summed E-state index contributed by atoms with van der Waals surface area (Å²) in [4.78, 5) is 37.6. The molecular formula is C30H31FN8O3. The number of anilines is 1. The van der Waals surface area contributed by atoms with Crippen LogP contribution in [0.5, 0.6) is 5.88 Å². The van der Waals surface area contributed by atoms with Crippen molar-refractivity contribution < 1.29 is 18.8 Å². The van der Waals surface area contributed by atoms with Crippen LogP contribution in [0.15, 0.2) is 59.8 Å². The van der Waals surface area contributed by atoms with E-state index in [1.54, 1.807) is 38.2 Å². The topological polar surface area (TPSA) is 141 Å². The fraction of sp³-hybridized carbons (Fsp3) is 0.267. The number of halogens is 1. The van der Waals surface area contributed by atoms with Gasteiger partial charge in [0.1, 0.15) is 5.82 Å². The number of fused-ring (bicyclic) bond motifs is 1. The van der Waals surface area contributed by atoms with Crippen LogP contribution in [0.4, 0.5) is 10.3 Å². The second-order valence-electron chi connectivity index (χ2n) is 9.92. The molecule has 0 saturated carbocycles. The number of oxime groups is 1. The van der Waals surface area contributed by atoms with Crippen LogP contribution in [0.1, 0.15) is 39.9 Å². The third kappa shape index (κ3) is 6.27. The maximum atomic E-state index is 14.5. The van der Waals surface area contributed by atoms with Crippen molar-refractivity contribution >= 4 is 17.7 Å². The fourth-order valence-electron chi connectivity index (χ4n) is 4.87. The van der Waals surface area contributed by atoms with Gasteiger partial charge in [0.05, 0.1) is 48.0 Å². The number of aromatic nitrogens is 4. The largest absolute Gasteiger partial charge is 0.481 e. The van der Waals surface area contributed by atoms with Crippen molar-refractivity contribution in [3.05, 3.63) is 94.3 Å². The Morgan fingerprint density at radius 2 is 1.93 bits per heavy atom. The number of methoxy groups -OCH3 is 1. The van der Waals surface area contributed by atoms with Gasteiger partial charge in [0.2, 0.25) is 11.8 Å². The molecule has 12 heteroatoms. The average molecular weight is 571 g/mol. The van der Waals surface area contributed by atoms with E-state index < -0.39 is 11.9 Å². The summed E-state index contributed by atoms with van der Waals surface area (Å²) in [6, 6.07) is 15.1. The number of nitrogen functional groups attached to an aromatic ring is 1. The number of pyridine rings is 2. The monoisotopic (exact) mass is 570 g/mol. The maximum absolute atomic E-state index is 14.5. The molecule has 0 bridgehead atoms. The van der Waals surface area contributed by atoms with Crippen molar-refractivity contribution in [2.24, 2.45) is 5.16 Å². The van der Waals surface area contributed by atoms with Crippen molar-refractivity contribution in [1.29, 1.82) is 0 Å². The van der Waals surface area contributed by atoms with Crippen molar-refractivity contribution in [1.82, 2.24) is 30.2 Å². The number of carbonyl (C=O) groups is 1. The third-order valence-corrected chi connectivity index (χ3v) is 6.84. The first kappa shape index (κ1) is 28.4. The molecule has 4 aromatic rings. The number of ether oxygens (including phenoxy) is 1. The molecule has 4 heterocycles. The smallest absolute Gasteiger partial charge is 0.263 e. The highest BCUT2D eigenvalue weighted by Gasteiger charge is 2.30. The second-order valence-corrected chi connectivity index (χ2v) is 9.92. The zero-order valence-corrected chi connectivity index (χ0v) is 23.8. The first-order valence-electron chi connectivity index (χ1n) is 13.3. The summed E-state index contributed by atoms with van der Waals surface area (Å²) in [5.74, 6) is 0.193. The number of benzene rings is 1. The fourth-order valence-corrected chi connectivity index (χ4v) is 4.87. The van der Waals surface area contributed by atoms with Gasteiger partial charge in [-0.25, -0.2) is 19.3 Å². The molecular weight excluding hydrogens is 539 g/mol. The van der Waals surface area contributed by atoms with Crippen molar-refractivity contribution in [2.45, 2.75) is 32.9 Å². The number of hydrogen-bond donors (Lipinski definition) is 2. The van der Waals surface area contributed by atoms with E-state index in [2.05, 4.69) is 30.4 Å². The van der Waals surface area contributed by atoms with Gasteiger partial charge in [0, 0.05) is 30.8 Å². The Balaban J connectivity index is 1.42. The number of amidine groups is 1. The Hall–Kier alpha value is -5.13. The number of rotatable bonds is 8. The van der Waals surface area contributed by atoms with Gasteiger partial charge in [0.15, 0.2) is 12.4 Å². The molecule has 1 aliphatic rings. The van der Waals surface area contributed by atoms with Crippen LogP contribution in [0, 0.1) is 19.7 Å². The SMILES string of the molecule is COc1cccc(-c2cc(F)ccc2C2Cc3nc(N)nc(C)c3/C(=N/OCC(=O)N(C)Cc3cccc(C)n3)N2)n1. The van der Waals surface area contributed by atoms with Crippen LogP contribution in [0.2, 0.25) is 0 Å². The van der Waals surface area contributed by atoms with E-state index >= 15 is 0 Å². The highest BCUT2D eigenvalue weighted by molar-refractivity contribution is 6.01. The van der Waals surface area contributed by atoms with Gasteiger partial charge < -0.3 is 25.5 Å². The van der Waals surface area contributed by atoms with Gasteiger partial charge >= 0.3 is 0 Å². The van der Waals surface area contributed by atoms with E-state index in [0.29, 0.717) is 52.9 Å². The van der Waals surface area contributed by atoms with Gasteiger partial charge in [-0.2, -0.15) is 0 Å². The van der Waals surface area contributed by atoms with Crippen LogP contribution in [-0.2, 0) is 22.6 Å². The van der Waals surface area contributed by atoms with E-state index in [1.165, 1.54) is 24.1 Å². The van der Waals surface area contributed by atoms with Crippen molar-refractivity contribution in [3.8, 4) is 17.1 Å². The minimum absolute atomic E-state index is 0.127. The number of hydrogen-bond acceptors (Lipinski definition) is 9. The van der Waals surface area contributed by atoms with Gasteiger partial charge in [-0.3, -0.25) is 9.78 Å². The van der Waals surface area contributed by atoms with Gasteiger partial charge in [-0.05, 0) is 49.7 Å². The van der Waals surface area contributed by atoms with Crippen LogP contribution in [0.3, 0.4) is 0 Å². The number of nitrogens with one attached hydrogen (secondary N) is 1. The number of carbonyl (C=O) groups excluding carboxylic acids is 1. The molecule has 0 aliphatic carbocycles. The molecule has 1 unspecified atom stereocenters. The van der Waals surface area contributed by atoms with Crippen LogP contribution in [-0.4, -0.2) is 57.3 Å². The standard InChI is InChI=1S/C30H31FN8O3/c1-17-7-5-8-20(33-17)15-39(3)27(40)16-42-38-29-28-18(2)34-30(32)37-25(28)14-24(36-29)21-12-11-19(31)13-22(21)23-9-6-10-26(35-23)41-4/h5-13,24H,14-16H2,1-4H3,(H,36,38)(H2,32,34,37). The number of nitrogens with zero attached hydrogens (tertiary/aromatic N) is 6. The quantitative estimate of drug-likeness (QED) is 0.305. The summed E-state index contributed by atoms with van der Waals surface area (Å²) >= 11 is 0. The number of likely N-dealkylation sites (N-methyl/N-ethyl adjacent to an activating group) is 1. The first-order valence-corrected chi connectivity index (χ1v) is 13.3. The maximum Gasteiger partial charge on any atom is 0.263 e. The zero-order chi connectivity index (χ0) is 29.8. The predicted octanol–water partition coefficient (Wildman–Crippen LogP) is 3.50. The van der Waals surface area contributed by atoms with E-state index in [-0.39, 0.29) is 18.5 Å². The van der Waals surface area contributed by atoms with E-state index in [9.17, 15) is 9.18 Å². The van der Waals surface area contributed by atoms with Crippen molar-refractivity contribution in [3.63, 3.8) is 0 Å². The summed E-state index contributed by atoms with van der Waals surface area (Å²) in [6.07, 6.45) is 0.412. The molecule has 5 rings (SSSR count). The lowest BCUT2D eigenvalue weighted by Crippen LogP contribution is -2.38. The molecule has 3 N–H and O–H groups in total. The van der Waals surface area contributed by atoms with Crippen LogP contribution < -0.4 is 15.8 Å². The van der Waals surface area contributed by atoms with Gasteiger partial charge in [-0.15, -0.1) is 0 Å². The number of aryl methyl sites for hydroxylation is 2. The first-order chi connectivity index (χ1) is 20.2. The summed E-state index contributed by atoms with van der Waals surface area (Å²) in [5.41, 5.74) is 11.4. The molecule has 0 radical (unpaired) electrons. The Bertz CT molecular complexity index is 1660. The molecule has 0 fully saturated rings. The average Bonchev–Trinajstić information content (AvgIpc) is 2.96. The minimum Gasteiger partial charge on any atom is -0.481 e. The lowest BCUT2D eigenvalue weighted by Gasteiger charge is -2.29. The third-order valence-electron chi connectivity index (χ3n) is 6.84. The van der Waals surface area contributed by atoms with Crippen LogP contribution >= 0.6 is 0 Å². The summed E-state index contributed by atoms with van der Waals surface area (Å²) in [6.45, 7) is 3.74. The van der Waals surface area contributed by atoms with Crippen LogP contribution in [0.25, 0.3) is 11.3 Å². The van der Waals surface area contributed by atoms with Gasteiger partial charge in [0.25, 0.3) is 5.91 Å². The molecule has 1 aliphatic heterocycles. The Morgan fingerprint density at radius 3 is 2.71 bits per heavy atom. The predicted molar refractivity (Wildman–Crippen MR) is 155 cm³/mol. The molecule has 1 amide bonds. The Labute approximate surface area is 242 Å². The normalized spacial score (nSPS) is 15.1. The molecule has 1 atom stereocenters. The van der Waals surface area contributed by atoms with Crippen molar-refractivity contribution in [2.75, 3.05) is 26.5 Å². The molecule has 1 aromatic carbocycles. The lowest BCUT2D eigenvalue weighted by atomic mass is 9.90. The molecule has 0 spiro atoms. The molecule has 216 valence electrons. The van der Waals surface area contributed by atoms with Gasteiger partial charge in [-0.1, -0.05) is 23.4 Å². The summed E-state index contributed by atoms with van der Waals surface area (Å²) in [5, 5.41) is 7.67. The molecule has 3 aromatic heterocycles. The minimum atomic E-state index is -0.405.